The van der Waals surface area contributed by atoms with Crippen LogP contribution in [0.15, 0.2) is 10.8 Å². The normalized spacial score (nSPS) is 31.1. The smallest absolute Gasteiger partial charge is 0.291 e. The zero-order valence-electron chi connectivity index (χ0n) is 11.3. The van der Waals surface area contributed by atoms with Crippen molar-refractivity contribution in [2.45, 2.75) is 44.6 Å². The topological polar surface area (TPSA) is 66.6 Å². The van der Waals surface area contributed by atoms with Crippen molar-refractivity contribution >= 4 is 5.91 Å². The Hall–Kier alpha value is -1.36. The largest absolute Gasteiger partial charge is 0.438 e. The van der Waals surface area contributed by atoms with Gasteiger partial charge < -0.3 is 14.4 Å². The zero-order chi connectivity index (χ0) is 13.5. The maximum atomic E-state index is 12.4. The van der Waals surface area contributed by atoms with E-state index in [1.807, 2.05) is 0 Å². The fourth-order valence-corrected chi connectivity index (χ4v) is 3.41. The van der Waals surface area contributed by atoms with E-state index in [4.69, 9.17) is 4.42 Å². The number of rotatable bonds is 1. The Morgan fingerprint density at radius 3 is 3.11 bits per heavy atom. The minimum absolute atomic E-state index is 0.0948. The molecule has 0 bridgehead atoms. The Morgan fingerprint density at radius 2 is 2.37 bits per heavy atom. The third kappa shape index (κ3) is 2.16. The Labute approximate surface area is 112 Å². The molecule has 1 aromatic heterocycles. The second-order valence-electron chi connectivity index (χ2n) is 5.81. The summed E-state index contributed by atoms with van der Waals surface area (Å²) < 4.78 is 5.18. The quantitative estimate of drug-likeness (QED) is 0.839. The van der Waals surface area contributed by atoms with E-state index in [-0.39, 0.29) is 11.8 Å². The number of hydrogen-bond acceptors (Lipinski definition) is 4. The third-order valence-corrected chi connectivity index (χ3v) is 4.65. The molecule has 1 saturated carbocycles. The monoisotopic (exact) mass is 264 g/mol. The number of oxazole rings is 1. The van der Waals surface area contributed by atoms with Crippen molar-refractivity contribution < 1.29 is 14.3 Å². The van der Waals surface area contributed by atoms with Crippen LogP contribution in [0.2, 0.25) is 0 Å². The van der Waals surface area contributed by atoms with Crippen molar-refractivity contribution in [1.82, 2.24) is 9.88 Å². The first-order chi connectivity index (χ1) is 9.10. The minimum atomic E-state index is -0.550. The first-order valence-electron chi connectivity index (χ1n) is 7.02. The van der Waals surface area contributed by atoms with Crippen molar-refractivity contribution in [3.05, 3.63) is 17.8 Å². The first-order valence-corrected chi connectivity index (χ1v) is 7.02. The Morgan fingerprint density at radius 1 is 1.53 bits per heavy atom. The van der Waals surface area contributed by atoms with E-state index in [2.05, 4.69) is 4.98 Å². The molecule has 2 heterocycles. The van der Waals surface area contributed by atoms with Gasteiger partial charge in [-0.25, -0.2) is 4.98 Å². The van der Waals surface area contributed by atoms with Gasteiger partial charge in [0, 0.05) is 19.0 Å². The fraction of sp³-hybridized carbons (Fsp3) is 0.714. The lowest BCUT2D eigenvalue weighted by Crippen LogP contribution is -2.54. The van der Waals surface area contributed by atoms with E-state index < -0.39 is 5.60 Å². The summed E-state index contributed by atoms with van der Waals surface area (Å²) in [5.74, 6) is 0.450. The van der Waals surface area contributed by atoms with Crippen LogP contribution < -0.4 is 0 Å². The molecule has 5 heteroatoms. The molecular weight excluding hydrogens is 244 g/mol. The number of fused-ring (bicyclic) bond motifs is 1. The summed E-state index contributed by atoms with van der Waals surface area (Å²) in [6.07, 6.45) is 6.12. The number of amides is 1. The van der Waals surface area contributed by atoms with Gasteiger partial charge in [0.2, 0.25) is 5.76 Å². The van der Waals surface area contributed by atoms with E-state index >= 15 is 0 Å². The molecule has 104 valence electrons. The van der Waals surface area contributed by atoms with E-state index in [1.165, 1.54) is 6.39 Å². The van der Waals surface area contributed by atoms with Gasteiger partial charge in [0.1, 0.15) is 0 Å². The van der Waals surface area contributed by atoms with Gasteiger partial charge in [-0.2, -0.15) is 0 Å². The molecule has 1 saturated heterocycles. The molecule has 2 fully saturated rings. The summed E-state index contributed by atoms with van der Waals surface area (Å²) in [6.45, 7) is 3.01. The standard InChI is InChI=1S/C14H20N2O3/c1-10-12(19-9-15-10)13(17)16-7-6-14(18)5-3-2-4-11(14)8-16/h9,11,18H,2-8H2,1H3. The first kappa shape index (κ1) is 12.7. The molecule has 1 N–H and O–H groups in total. The third-order valence-electron chi connectivity index (χ3n) is 4.65. The van der Waals surface area contributed by atoms with Crippen molar-refractivity contribution in [2.24, 2.45) is 5.92 Å². The molecular formula is C14H20N2O3. The predicted molar refractivity (Wildman–Crippen MR) is 68.7 cm³/mol. The molecule has 0 spiro atoms. The van der Waals surface area contributed by atoms with Crippen LogP contribution in [0.3, 0.4) is 0 Å². The molecule has 2 aliphatic rings. The number of aryl methyl sites for hydroxylation is 1. The van der Waals surface area contributed by atoms with Crippen LogP contribution in [0.1, 0.15) is 48.4 Å². The Bertz CT molecular complexity index is 485. The van der Waals surface area contributed by atoms with Crippen molar-refractivity contribution in [2.75, 3.05) is 13.1 Å². The molecule has 1 aliphatic heterocycles. The zero-order valence-corrected chi connectivity index (χ0v) is 11.3. The minimum Gasteiger partial charge on any atom is -0.438 e. The number of carbonyl (C=O) groups is 1. The number of hydrogen-bond donors (Lipinski definition) is 1. The highest BCUT2D eigenvalue weighted by atomic mass is 16.3. The van der Waals surface area contributed by atoms with E-state index in [0.29, 0.717) is 31.0 Å². The van der Waals surface area contributed by atoms with Crippen LogP contribution in [-0.2, 0) is 0 Å². The van der Waals surface area contributed by atoms with Gasteiger partial charge in [-0.1, -0.05) is 12.8 Å². The number of nitrogens with zero attached hydrogens (tertiary/aromatic N) is 2. The fourth-order valence-electron chi connectivity index (χ4n) is 3.41. The summed E-state index contributed by atoms with van der Waals surface area (Å²) in [6, 6.07) is 0. The highest BCUT2D eigenvalue weighted by Gasteiger charge is 2.44. The molecule has 3 rings (SSSR count). The van der Waals surface area contributed by atoms with Gasteiger partial charge in [-0.15, -0.1) is 0 Å². The van der Waals surface area contributed by atoms with Gasteiger partial charge in [0.25, 0.3) is 5.91 Å². The van der Waals surface area contributed by atoms with E-state index in [1.54, 1.807) is 11.8 Å². The molecule has 19 heavy (non-hydrogen) atoms. The molecule has 1 aromatic rings. The van der Waals surface area contributed by atoms with Crippen molar-refractivity contribution in [3.63, 3.8) is 0 Å². The number of carbonyl (C=O) groups excluding carboxylic acids is 1. The van der Waals surface area contributed by atoms with Crippen LogP contribution >= 0.6 is 0 Å². The van der Waals surface area contributed by atoms with Crippen LogP contribution in [0.25, 0.3) is 0 Å². The second-order valence-corrected chi connectivity index (χ2v) is 5.81. The summed E-state index contributed by atoms with van der Waals surface area (Å²) in [5.41, 5.74) is 0.0837. The highest BCUT2D eigenvalue weighted by Crippen LogP contribution is 2.40. The molecule has 0 aromatic carbocycles. The lowest BCUT2D eigenvalue weighted by molar-refractivity contribution is -0.0889. The SMILES string of the molecule is Cc1ncoc1C(=O)N1CCC2(O)CCCCC2C1. The van der Waals surface area contributed by atoms with Gasteiger partial charge >= 0.3 is 0 Å². The number of piperidine rings is 1. The second kappa shape index (κ2) is 4.63. The van der Waals surface area contributed by atoms with Gasteiger partial charge in [-0.05, 0) is 26.2 Å². The Kier molecular flexibility index (Phi) is 3.09. The van der Waals surface area contributed by atoms with Crippen molar-refractivity contribution in [1.29, 1.82) is 0 Å². The highest BCUT2D eigenvalue weighted by molar-refractivity contribution is 5.92. The summed E-state index contributed by atoms with van der Waals surface area (Å²) >= 11 is 0. The summed E-state index contributed by atoms with van der Waals surface area (Å²) in [4.78, 5) is 18.1. The lowest BCUT2D eigenvalue weighted by atomic mass is 9.71. The van der Waals surface area contributed by atoms with Crippen LogP contribution in [-0.4, -0.2) is 39.6 Å². The van der Waals surface area contributed by atoms with Crippen LogP contribution in [0.4, 0.5) is 0 Å². The maximum Gasteiger partial charge on any atom is 0.291 e. The summed E-state index contributed by atoms with van der Waals surface area (Å²) in [7, 11) is 0. The molecule has 1 aliphatic carbocycles. The number of aromatic nitrogens is 1. The average molecular weight is 264 g/mol. The van der Waals surface area contributed by atoms with Gasteiger partial charge in [0.15, 0.2) is 6.39 Å². The summed E-state index contributed by atoms with van der Waals surface area (Å²) in [5, 5.41) is 10.6. The maximum absolute atomic E-state index is 12.4. The molecule has 5 nitrogen and oxygen atoms in total. The predicted octanol–water partition coefficient (Wildman–Crippen LogP) is 1.75. The van der Waals surface area contributed by atoms with Gasteiger partial charge in [0.05, 0.1) is 11.3 Å². The number of likely N-dealkylation sites (tertiary alicyclic amines) is 1. The van der Waals surface area contributed by atoms with Crippen LogP contribution in [0.5, 0.6) is 0 Å². The molecule has 2 unspecified atom stereocenters. The molecule has 0 radical (unpaired) electrons. The molecule has 2 atom stereocenters. The van der Waals surface area contributed by atoms with Crippen LogP contribution in [0, 0.1) is 12.8 Å². The lowest BCUT2D eigenvalue weighted by Gasteiger charge is -2.47. The van der Waals surface area contributed by atoms with Gasteiger partial charge in [-0.3, -0.25) is 4.79 Å². The Balaban J connectivity index is 1.74. The number of aliphatic hydroxyl groups is 1. The molecule has 1 amide bonds. The van der Waals surface area contributed by atoms with Crippen molar-refractivity contribution in [3.8, 4) is 0 Å². The van der Waals surface area contributed by atoms with E-state index in [9.17, 15) is 9.90 Å². The van der Waals surface area contributed by atoms with E-state index in [0.717, 1.165) is 25.7 Å². The average Bonchev–Trinajstić information content (AvgIpc) is 2.83.